The number of unbranched alkanes of at least 4 members (excludes halogenated alkanes) is 13. The Bertz CT molecular complexity index is 2300. The number of nitrogens with one attached hydrogen (secondary N) is 1. The van der Waals surface area contributed by atoms with Crippen molar-refractivity contribution in [1.29, 1.82) is 0 Å². The van der Waals surface area contributed by atoms with Crippen molar-refractivity contribution in [3.8, 4) is 11.5 Å². The predicted octanol–water partition coefficient (Wildman–Crippen LogP) is 10.4. The number of aromatic amines is 1. The number of nitrogens with zero attached hydrogens (tertiary/aromatic N) is 1. The molecule has 3 N–H and O–H groups in total. The smallest absolute Gasteiger partial charge is 0.434 e. The molecule has 0 amide bonds. The lowest BCUT2D eigenvalue weighted by molar-refractivity contribution is -0.134. The Morgan fingerprint density at radius 1 is 0.687 bits per heavy atom. The summed E-state index contributed by atoms with van der Waals surface area (Å²) in [6.07, 6.45) is 18.0. The molecule has 0 radical (unpaired) electrons. The second-order valence-electron chi connectivity index (χ2n) is 15.7. The summed E-state index contributed by atoms with van der Waals surface area (Å²) in [5, 5.41) is 0. The Balaban J connectivity index is 1.25. The highest BCUT2D eigenvalue weighted by molar-refractivity contribution is 7.67. The van der Waals surface area contributed by atoms with Gasteiger partial charge in [-0.3, -0.25) is 32.7 Å². The lowest BCUT2D eigenvalue weighted by atomic mass is 10.0. The van der Waals surface area contributed by atoms with Gasteiger partial charge in [0.1, 0.15) is 17.6 Å². The molecule has 2 aromatic carbocycles. The lowest BCUT2D eigenvalue weighted by Gasteiger charge is -2.22. The molecular formula is C44H63N2O18P3. The van der Waals surface area contributed by atoms with E-state index in [1.807, 2.05) is 0 Å². The van der Waals surface area contributed by atoms with E-state index in [9.17, 15) is 42.7 Å². The molecule has 1 aliphatic rings. The van der Waals surface area contributed by atoms with Crippen LogP contribution in [0.2, 0.25) is 0 Å². The Kier molecular flexibility index (Phi) is 23.6. The molecule has 1 aromatic heterocycles. The van der Waals surface area contributed by atoms with Gasteiger partial charge in [0.2, 0.25) is 0 Å². The Labute approximate surface area is 390 Å². The predicted molar refractivity (Wildman–Crippen MR) is 245 cm³/mol. The number of hydrogen-bond donors (Lipinski definition) is 3. The van der Waals surface area contributed by atoms with Crippen molar-refractivity contribution in [1.82, 2.24) is 9.55 Å². The van der Waals surface area contributed by atoms with Gasteiger partial charge < -0.3 is 28.7 Å². The van der Waals surface area contributed by atoms with Gasteiger partial charge in [0.05, 0.1) is 26.4 Å². The summed E-state index contributed by atoms with van der Waals surface area (Å²) in [6, 6.07) is 11.4. The summed E-state index contributed by atoms with van der Waals surface area (Å²) in [4.78, 5) is 70.9. The van der Waals surface area contributed by atoms with Gasteiger partial charge in [0.25, 0.3) is 5.56 Å². The van der Waals surface area contributed by atoms with Crippen LogP contribution in [0.5, 0.6) is 11.5 Å². The van der Waals surface area contributed by atoms with E-state index in [0.717, 1.165) is 23.8 Å². The summed E-state index contributed by atoms with van der Waals surface area (Å²) in [7, 11) is -16.5. The highest BCUT2D eigenvalue weighted by atomic mass is 31.3. The van der Waals surface area contributed by atoms with Crippen LogP contribution in [0.25, 0.3) is 0 Å². The number of esters is 1. The summed E-state index contributed by atoms with van der Waals surface area (Å²) in [5.41, 5.74) is -0.545. The molecule has 20 nitrogen and oxygen atoms in total. The van der Waals surface area contributed by atoms with Crippen LogP contribution in [-0.2, 0) is 63.4 Å². The summed E-state index contributed by atoms with van der Waals surface area (Å²) < 4.78 is 86.8. The molecular weight excluding hydrogens is 937 g/mol. The van der Waals surface area contributed by atoms with Crippen LogP contribution in [0.1, 0.15) is 133 Å². The molecule has 4 rings (SSSR count). The molecule has 0 saturated heterocycles. The molecule has 23 heteroatoms. The zero-order valence-electron chi connectivity index (χ0n) is 38.2. The minimum atomic E-state index is -5.81. The number of carbonyl (C=O) groups is 2. The summed E-state index contributed by atoms with van der Waals surface area (Å²) in [6.45, 7) is 3.65. The maximum atomic E-state index is 13.9. The van der Waals surface area contributed by atoms with Gasteiger partial charge in [-0.2, -0.15) is 8.62 Å². The second-order valence-corrected chi connectivity index (χ2v) is 20.6. The number of phosphoric ester groups is 2. The third-order valence-corrected chi connectivity index (χ3v) is 14.7. The Hall–Kier alpha value is -4.03. The van der Waals surface area contributed by atoms with Gasteiger partial charge in [-0.05, 0) is 54.8 Å². The van der Waals surface area contributed by atoms with Crippen LogP contribution in [-0.4, -0.2) is 50.8 Å². The number of phosphoric acid groups is 3. The maximum Gasteiger partial charge on any atom is 0.513 e. The van der Waals surface area contributed by atoms with Gasteiger partial charge in [-0.25, -0.2) is 23.3 Å². The van der Waals surface area contributed by atoms with E-state index < -0.39 is 79.0 Å². The fourth-order valence-corrected chi connectivity index (χ4v) is 10.5. The van der Waals surface area contributed by atoms with Gasteiger partial charge >= 0.3 is 41.3 Å². The van der Waals surface area contributed by atoms with Gasteiger partial charge in [-0.15, -0.1) is 0 Å². The van der Waals surface area contributed by atoms with Gasteiger partial charge in [0.15, 0.2) is 6.23 Å². The van der Waals surface area contributed by atoms with Crippen LogP contribution in [0.3, 0.4) is 0 Å². The van der Waals surface area contributed by atoms with Crippen molar-refractivity contribution >= 4 is 35.6 Å². The molecule has 3 aromatic rings. The first kappa shape index (κ1) is 55.6. The number of hydrogen-bond acceptors (Lipinski definition) is 16. The first-order valence-corrected chi connectivity index (χ1v) is 26.9. The summed E-state index contributed by atoms with van der Waals surface area (Å²) >= 11 is 0. The average molecular weight is 1000 g/mol. The molecule has 2 heterocycles. The van der Waals surface area contributed by atoms with E-state index >= 15 is 0 Å². The fourth-order valence-electron chi connectivity index (χ4n) is 6.46. The molecule has 0 aliphatic carbocycles. The van der Waals surface area contributed by atoms with Crippen LogP contribution in [0, 0.1) is 6.92 Å². The molecule has 3 unspecified atom stereocenters. The molecule has 1 aliphatic heterocycles. The topological polar surface area (TPSA) is 264 Å². The Morgan fingerprint density at radius 2 is 1.21 bits per heavy atom. The van der Waals surface area contributed by atoms with E-state index in [1.165, 1.54) is 138 Å². The zero-order valence-corrected chi connectivity index (χ0v) is 40.8. The Morgan fingerprint density at radius 3 is 1.75 bits per heavy atom. The molecule has 0 saturated carbocycles. The number of aryl methyl sites for hydroxylation is 1. The van der Waals surface area contributed by atoms with E-state index in [1.54, 1.807) is 6.92 Å². The first-order valence-electron chi connectivity index (χ1n) is 22.5. The van der Waals surface area contributed by atoms with Crippen molar-refractivity contribution in [2.24, 2.45) is 0 Å². The van der Waals surface area contributed by atoms with Gasteiger partial charge in [0, 0.05) is 18.2 Å². The van der Waals surface area contributed by atoms with Crippen molar-refractivity contribution < 1.29 is 74.2 Å². The number of aromatic nitrogens is 2. The molecule has 0 bridgehead atoms. The highest BCUT2D eigenvalue weighted by Gasteiger charge is 2.44. The van der Waals surface area contributed by atoms with Crippen LogP contribution < -0.4 is 20.7 Å². The minimum Gasteiger partial charge on any atom is -0.434 e. The van der Waals surface area contributed by atoms with Crippen molar-refractivity contribution in [3.63, 3.8) is 0 Å². The highest BCUT2D eigenvalue weighted by Crippen LogP contribution is 2.69. The quantitative estimate of drug-likeness (QED) is 0.0131. The third kappa shape index (κ3) is 21.4. The van der Waals surface area contributed by atoms with Crippen LogP contribution in [0.15, 0.2) is 76.5 Å². The zero-order chi connectivity index (χ0) is 48.7. The van der Waals surface area contributed by atoms with Crippen LogP contribution >= 0.6 is 23.5 Å². The first-order chi connectivity index (χ1) is 32.0. The molecule has 67 heavy (non-hydrogen) atoms. The molecule has 5 atom stereocenters. The number of carbonyl (C=O) groups excluding carboxylic acids is 2. The monoisotopic (exact) mass is 1000 g/mol. The molecule has 0 fully saturated rings. The van der Waals surface area contributed by atoms with Crippen molar-refractivity contribution in [2.75, 3.05) is 13.2 Å². The third-order valence-electron chi connectivity index (χ3n) is 10.1. The average Bonchev–Trinajstić information content (AvgIpc) is 3.76. The minimum absolute atomic E-state index is 0.125. The van der Waals surface area contributed by atoms with E-state index in [-0.39, 0.29) is 30.1 Å². The van der Waals surface area contributed by atoms with Crippen molar-refractivity contribution in [3.05, 3.63) is 104 Å². The number of rotatable bonds is 32. The maximum absolute atomic E-state index is 13.9. The SMILES string of the molecule is CCCCCCCCCCCCCCCCOC(=O)Oc1ccc(COP(=O)(OCc2ccc(OC(=O)CC)cc2)OP(=O)(O)OP(=O)(O)OC[C@@H]2C=C[C@H](n3cc(C)c(=O)[nH]c3=O)O2)cc1. The lowest BCUT2D eigenvalue weighted by Crippen LogP contribution is -2.33. The van der Waals surface area contributed by atoms with Crippen LogP contribution in [0.4, 0.5) is 4.79 Å². The number of benzene rings is 2. The van der Waals surface area contributed by atoms with E-state index in [0.29, 0.717) is 17.5 Å². The molecule has 0 spiro atoms. The second kappa shape index (κ2) is 28.5. The standard InChI is InChI=1S/C44H63N2O18P3/c1-4-6-7-8-9-10-11-12-13-14-15-16-17-18-29-56-44(50)62-38-25-21-36(22-26-38)32-59-67(55,58-31-35-19-23-37(24-20-35)61-41(47)5-2)64-66(53,54)63-65(51,52)57-33-39-27-28-40(60-39)46-30-34(3)42(48)45-43(46)49/h19-28,30,39-40H,4-18,29,31-33H2,1-3H3,(H,51,52)(H,53,54)(H,45,48,49)/t39-,40+,67?/m0/s1. The van der Waals surface area contributed by atoms with E-state index in [2.05, 4.69) is 16.2 Å². The van der Waals surface area contributed by atoms with E-state index in [4.69, 9.17) is 36.8 Å². The summed E-state index contributed by atoms with van der Waals surface area (Å²) in [5.74, 6) is -0.151. The number of H-pyrrole nitrogens is 1. The normalized spacial score (nSPS) is 17.3. The van der Waals surface area contributed by atoms with Gasteiger partial charge in [-0.1, -0.05) is 128 Å². The van der Waals surface area contributed by atoms with Crippen molar-refractivity contribution in [2.45, 2.75) is 143 Å². The fraction of sp³-hybridized carbons (Fsp3) is 0.545. The number of ether oxygens (including phenoxy) is 4. The largest absolute Gasteiger partial charge is 0.513 e. The molecule has 372 valence electrons.